The van der Waals surface area contributed by atoms with E-state index >= 15 is 0 Å². The summed E-state index contributed by atoms with van der Waals surface area (Å²) in [6.45, 7) is 0. The van der Waals surface area contributed by atoms with Gasteiger partial charge in [0.25, 0.3) is 0 Å². The first-order chi connectivity index (χ1) is 9.22. The van der Waals surface area contributed by atoms with Crippen LogP contribution in [0.5, 0.6) is 5.75 Å². The Kier molecular flexibility index (Phi) is 3.18. The van der Waals surface area contributed by atoms with Crippen molar-refractivity contribution in [3.8, 4) is 16.3 Å². The van der Waals surface area contributed by atoms with E-state index in [0.29, 0.717) is 26.6 Å². The predicted molar refractivity (Wildman–Crippen MR) is 74.7 cm³/mol. The maximum atomic E-state index is 11.0. The van der Waals surface area contributed by atoms with E-state index in [2.05, 4.69) is 20.5 Å². The number of hydrogen-bond donors (Lipinski definition) is 2. The molecule has 1 amide bonds. The van der Waals surface area contributed by atoms with Crippen LogP contribution in [0.25, 0.3) is 10.6 Å². The third-order valence-corrected chi connectivity index (χ3v) is 4.06. The highest BCUT2D eigenvalue weighted by molar-refractivity contribution is 8.15. The highest BCUT2D eigenvalue weighted by Gasteiger charge is 2.17. The number of thioether (sulfide) groups is 1. The first-order valence-corrected chi connectivity index (χ1v) is 7.16. The number of amides is 1. The van der Waals surface area contributed by atoms with Crippen LogP contribution in [0.3, 0.4) is 0 Å². The van der Waals surface area contributed by atoms with E-state index in [1.807, 2.05) is 6.07 Å². The minimum absolute atomic E-state index is 0.0609. The molecule has 0 spiro atoms. The van der Waals surface area contributed by atoms with Crippen molar-refractivity contribution in [2.45, 2.75) is 0 Å². The van der Waals surface area contributed by atoms with Crippen LogP contribution in [0.4, 0.5) is 5.13 Å². The van der Waals surface area contributed by atoms with Crippen molar-refractivity contribution in [1.82, 2.24) is 15.5 Å². The van der Waals surface area contributed by atoms with Gasteiger partial charge in [-0.15, -0.1) is 10.2 Å². The van der Waals surface area contributed by atoms with Crippen LogP contribution in [0, 0.1) is 0 Å². The minimum Gasteiger partial charge on any atom is -0.507 e. The lowest BCUT2D eigenvalue weighted by molar-refractivity contribution is -0.116. The Morgan fingerprint density at radius 3 is 2.89 bits per heavy atom. The molecule has 3 rings (SSSR count). The van der Waals surface area contributed by atoms with Gasteiger partial charge in [0, 0.05) is 0 Å². The third-order valence-electron chi connectivity index (χ3n) is 2.33. The van der Waals surface area contributed by atoms with E-state index in [1.165, 1.54) is 23.1 Å². The second-order valence-electron chi connectivity index (χ2n) is 3.66. The number of aromatic nitrogens is 2. The van der Waals surface area contributed by atoms with Crippen LogP contribution in [0.2, 0.25) is 0 Å². The lowest BCUT2D eigenvalue weighted by atomic mass is 10.2. The molecule has 0 radical (unpaired) electrons. The summed E-state index contributed by atoms with van der Waals surface area (Å²) in [5.41, 5.74) is 0.620. The summed E-state index contributed by atoms with van der Waals surface area (Å²) in [5.74, 6) is 0.472. The SMILES string of the molecule is O=C1CS/C(=N/c2nnc(-c3ccccc3O)s2)N1. The van der Waals surface area contributed by atoms with Crippen LogP contribution in [0.1, 0.15) is 0 Å². The lowest BCUT2D eigenvalue weighted by Gasteiger charge is -1.97. The Labute approximate surface area is 116 Å². The van der Waals surface area contributed by atoms with Gasteiger partial charge in [-0.05, 0) is 12.1 Å². The number of aliphatic imine (C=N–C) groups is 1. The number of carbonyl (C=O) groups is 1. The van der Waals surface area contributed by atoms with Crippen molar-refractivity contribution in [3.63, 3.8) is 0 Å². The van der Waals surface area contributed by atoms with Crippen LogP contribution >= 0.6 is 23.1 Å². The van der Waals surface area contributed by atoms with Gasteiger partial charge in [0.05, 0.1) is 11.3 Å². The quantitative estimate of drug-likeness (QED) is 0.880. The number of nitrogens with one attached hydrogen (secondary N) is 1. The van der Waals surface area contributed by atoms with E-state index in [1.54, 1.807) is 18.2 Å². The van der Waals surface area contributed by atoms with Gasteiger partial charge in [0.1, 0.15) is 5.75 Å². The van der Waals surface area contributed by atoms with Gasteiger partial charge < -0.3 is 10.4 Å². The van der Waals surface area contributed by atoms with Crippen LogP contribution < -0.4 is 5.32 Å². The molecule has 0 saturated carbocycles. The smallest absolute Gasteiger partial charge is 0.236 e. The van der Waals surface area contributed by atoms with Gasteiger partial charge >= 0.3 is 0 Å². The second-order valence-corrected chi connectivity index (χ2v) is 5.58. The van der Waals surface area contributed by atoms with Gasteiger partial charge in [-0.2, -0.15) is 4.99 Å². The third kappa shape index (κ3) is 2.59. The fourth-order valence-corrected chi connectivity index (χ4v) is 2.99. The van der Waals surface area contributed by atoms with Crippen molar-refractivity contribution in [2.24, 2.45) is 4.99 Å². The Hall–Kier alpha value is -1.93. The number of amidine groups is 1. The molecule has 0 atom stereocenters. The van der Waals surface area contributed by atoms with E-state index in [0.717, 1.165) is 0 Å². The number of hydrogen-bond acceptors (Lipinski definition) is 7. The Morgan fingerprint density at radius 1 is 1.32 bits per heavy atom. The first-order valence-electron chi connectivity index (χ1n) is 5.35. The predicted octanol–water partition coefficient (Wildman–Crippen LogP) is 1.76. The van der Waals surface area contributed by atoms with Gasteiger partial charge in [0.2, 0.25) is 11.0 Å². The average molecular weight is 292 g/mol. The molecule has 2 N–H and O–H groups in total. The summed E-state index contributed by atoms with van der Waals surface area (Å²) in [4.78, 5) is 15.2. The number of benzene rings is 1. The molecule has 2 aromatic rings. The number of nitrogens with zero attached hydrogens (tertiary/aromatic N) is 3. The zero-order valence-corrected chi connectivity index (χ0v) is 11.2. The number of aromatic hydroxyl groups is 1. The molecule has 1 aliphatic rings. The Morgan fingerprint density at radius 2 is 2.16 bits per heavy atom. The molecule has 6 nitrogen and oxygen atoms in total. The number of para-hydroxylation sites is 1. The summed E-state index contributed by atoms with van der Waals surface area (Å²) in [5, 5.41) is 21.8. The molecular weight excluding hydrogens is 284 g/mol. The monoisotopic (exact) mass is 292 g/mol. The zero-order chi connectivity index (χ0) is 13.2. The normalized spacial score (nSPS) is 16.8. The molecule has 1 aliphatic heterocycles. The highest BCUT2D eigenvalue weighted by Crippen LogP contribution is 2.33. The number of phenols is 1. The molecule has 1 saturated heterocycles. The summed E-state index contributed by atoms with van der Waals surface area (Å²) in [6.07, 6.45) is 0. The molecule has 0 unspecified atom stereocenters. The summed E-state index contributed by atoms with van der Waals surface area (Å²) in [7, 11) is 0. The largest absolute Gasteiger partial charge is 0.507 e. The van der Waals surface area contributed by atoms with E-state index in [9.17, 15) is 9.90 Å². The van der Waals surface area contributed by atoms with Crippen LogP contribution in [0.15, 0.2) is 29.3 Å². The zero-order valence-electron chi connectivity index (χ0n) is 9.53. The number of rotatable bonds is 2. The van der Waals surface area contributed by atoms with Gasteiger partial charge in [-0.3, -0.25) is 4.79 Å². The maximum Gasteiger partial charge on any atom is 0.236 e. The molecule has 96 valence electrons. The summed E-state index contributed by atoms with van der Waals surface area (Å²) in [6, 6.07) is 6.91. The Balaban J connectivity index is 1.88. The topological polar surface area (TPSA) is 87.5 Å². The van der Waals surface area contributed by atoms with Gasteiger partial charge in [-0.1, -0.05) is 35.2 Å². The molecule has 1 fully saturated rings. The molecule has 1 aromatic heterocycles. The van der Waals surface area contributed by atoms with E-state index in [4.69, 9.17) is 0 Å². The maximum absolute atomic E-state index is 11.0. The fraction of sp³-hybridized carbons (Fsp3) is 0.0909. The number of phenolic OH excluding ortho intramolecular Hbond substituents is 1. The summed E-state index contributed by atoms with van der Waals surface area (Å²) < 4.78 is 0. The Bertz CT molecular complexity index is 668. The lowest BCUT2D eigenvalue weighted by Crippen LogP contribution is -2.19. The highest BCUT2D eigenvalue weighted by atomic mass is 32.2. The standard InChI is InChI=1S/C11H8N4O2S2/c16-7-4-2-1-3-6(7)9-14-15-11(19-9)13-10-12-8(17)5-18-10/h1-4,16H,5H2,(H,12,13,15,17). The molecule has 2 heterocycles. The van der Waals surface area contributed by atoms with Gasteiger partial charge in [-0.25, -0.2) is 0 Å². The number of carbonyl (C=O) groups excluding carboxylic acids is 1. The second kappa shape index (κ2) is 4.98. The van der Waals surface area contributed by atoms with E-state index in [-0.39, 0.29) is 11.7 Å². The fourth-order valence-electron chi connectivity index (χ4n) is 1.50. The van der Waals surface area contributed by atoms with Crippen molar-refractivity contribution in [2.75, 3.05) is 5.75 Å². The summed E-state index contributed by atoms with van der Waals surface area (Å²) >= 11 is 2.59. The minimum atomic E-state index is -0.0609. The van der Waals surface area contributed by atoms with Crippen molar-refractivity contribution < 1.29 is 9.90 Å². The van der Waals surface area contributed by atoms with Crippen LogP contribution in [-0.4, -0.2) is 32.1 Å². The molecule has 8 heteroatoms. The molecular formula is C11H8N4O2S2. The van der Waals surface area contributed by atoms with Gasteiger partial charge in [0.15, 0.2) is 10.2 Å². The molecule has 1 aromatic carbocycles. The molecule has 0 aliphatic carbocycles. The first kappa shape index (κ1) is 12.1. The molecule has 19 heavy (non-hydrogen) atoms. The van der Waals surface area contributed by atoms with Crippen molar-refractivity contribution in [3.05, 3.63) is 24.3 Å². The van der Waals surface area contributed by atoms with Crippen molar-refractivity contribution in [1.29, 1.82) is 0 Å². The van der Waals surface area contributed by atoms with Crippen LogP contribution in [-0.2, 0) is 4.79 Å². The molecule has 0 bridgehead atoms. The van der Waals surface area contributed by atoms with E-state index < -0.39 is 0 Å². The average Bonchev–Trinajstić information content (AvgIpc) is 3.00. The van der Waals surface area contributed by atoms with Crippen molar-refractivity contribution >= 4 is 39.3 Å².